The molecule has 1 aromatic carbocycles. The lowest BCUT2D eigenvalue weighted by molar-refractivity contribution is -0.386. The van der Waals surface area contributed by atoms with Crippen LogP contribution in [0, 0.1) is 17.0 Å². The molecule has 0 aliphatic carbocycles. The normalized spacial score (nSPS) is 11.0. The third-order valence-electron chi connectivity index (χ3n) is 2.32. The predicted molar refractivity (Wildman–Crippen MR) is 71.0 cm³/mol. The molecule has 0 unspecified atom stereocenters. The molecule has 18 heavy (non-hydrogen) atoms. The van der Waals surface area contributed by atoms with E-state index in [1.54, 1.807) is 12.2 Å². The number of rotatable bonds is 3. The summed E-state index contributed by atoms with van der Waals surface area (Å²) in [6.07, 6.45) is 3.31. The van der Waals surface area contributed by atoms with Crippen LogP contribution < -0.4 is 0 Å². The van der Waals surface area contributed by atoms with E-state index in [2.05, 4.69) is 21.1 Å². The number of aryl methyl sites for hydroxylation is 1. The predicted octanol–water partition coefficient (Wildman–Crippen LogP) is 3.82. The number of halogens is 1. The molecule has 0 spiro atoms. The van der Waals surface area contributed by atoms with Gasteiger partial charge in [-0.15, -0.1) is 0 Å². The van der Waals surface area contributed by atoms with E-state index in [-0.39, 0.29) is 17.1 Å². The third-order valence-corrected chi connectivity index (χ3v) is 2.82. The first-order chi connectivity index (χ1) is 8.58. The van der Waals surface area contributed by atoms with E-state index in [0.717, 1.165) is 10.0 Å². The summed E-state index contributed by atoms with van der Waals surface area (Å²) in [5.41, 5.74) is 1.04. The van der Waals surface area contributed by atoms with E-state index in [0.29, 0.717) is 0 Å². The fourth-order valence-corrected chi connectivity index (χ4v) is 1.92. The highest BCUT2D eigenvalue weighted by atomic mass is 79.9. The van der Waals surface area contributed by atoms with Crippen LogP contribution >= 0.6 is 15.9 Å². The number of hydrogen-bond donors (Lipinski definition) is 0. The fraction of sp³-hybridized carbons (Fsp3) is 0.0833. The topological polar surface area (TPSA) is 69.2 Å². The molecule has 92 valence electrons. The molecule has 1 heterocycles. The first-order valence-corrected chi connectivity index (χ1v) is 5.91. The maximum atomic E-state index is 10.8. The maximum absolute atomic E-state index is 10.8. The van der Waals surface area contributed by atoms with Crippen LogP contribution in [0.3, 0.4) is 0 Å². The van der Waals surface area contributed by atoms with Gasteiger partial charge in [-0.3, -0.25) is 10.1 Å². The molecular weight excluding hydrogens is 300 g/mol. The Morgan fingerprint density at radius 2 is 2.22 bits per heavy atom. The summed E-state index contributed by atoms with van der Waals surface area (Å²) in [6.45, 7) is 1.52. The van der Waals surface area contributed by atoms with E-state index in [1.165, 1.54) is 6.92 Å². The quantitative estimate of drug-likeness (QED) is 0.638. The minimum absolute atomic E-state index is 0.0961. The van der Waals surface area contributed by atoms with Gasteiger partial charge in [0.25, 0.3) is 0 Å². The number of benzene rings is 1. The Balaban J connectivity index is 2.32. The number of nitrogens with zero attached hydrogens (tertiary/aromatic N) is 2. The van der Waals surface area contributed by atoms with Crippen molar-refractivity contribution in [2.75, 3.05) is 0 Å². The second-order valence-electron chi connectivity index (χ2n) is 3.62. The lowest BCUT2D eigenvalue weighted by atomic mass is 10.2. The molecule has 2 aromatic rings. The van der Waals surface area contributed by atoms with Crippen molar-refractivity contribution >= 4 is 33.8 Å². The summed E-state index contributed by atoms with van der Waals surface area (Å²) in [5.74, 6) is 0.203. The van der Waals surface area contributed by atoms with Gasteiger partial charge < -0.3 is 4.52 Å². The first-order valence-electron chi connectivity index (χ1n) is 5.12. The Labute approximate surface area is 111 Å². The summed E-state index contributed by atoms with van der Waals surface area (Å²) in [6, 6.07) is 7.57. The van der Waals surface area contributed by atoms with Gasteiger partial charge in [-0.25, -0.2) is 0 Å². The van der Waals surface area contributed by atoms with Gasteiger partial charge in [0.1, 0.15) is 0 Å². The molecule has 0 fully saturated rings. The molecule has 0 bridgehead atoms. The van der Waals surface area contributed by atoms with Crippen molar-refractivity contribution in [2.45, 2.75) is 6.92 Å². The van der Waals surface area contributed by atoms with Crippen molar-refractivity contribution in [1.82, 2.24) is 5.16 Å². The number of aromatic nitrogens is 1. The Kier molecular flexibility index (Phi) is 3.57. The van der Waals surface area contributed by atoms with Crippen molar-refractivity contribution < 1.29 is 9.45 Å². The van der Waals surface area contributed by atoms with E-state index >= 15 is 0 Å². The number of nitro groups is 1. The Morgan fingerprint density at radius 1 is 1.44 bits per heavy atom. The molecular formula is C12H9BrN2O3. The molecule has 0 saturated carbocycles. The zero-order valence-corrected chi connectivity index (χ0v) is 11.0. The van der Waals surface area contributed by atoms with Gasteiger partial charge in [0.15, 0.2) is 5.69 Å². The van der Waals surface area contributed by atoms with Crippen molar-refractivity contribution in [2.24, 2.45) is 0 Å². The minimum atomic E-state index is -0.494. The van der Waals surface area contributed by atoms with E-state index in [9.17, 15) is 10.1 Å². The van der Waals surface area contributed by atoms with Gasteiger partial charge in [-0.05, 0) is 23.8 Å². The molecule has 0 atom stereocenters. The van der Waals surface area contributed by atoms with Gasteiger partial charge in [-0.1, -0.05) is 39.3 Å². The average Bonchev–Trinajstić information content (AvgIpc) is 2.68. The molecule has 5 nitrogen and oxygen atoms in total. The van der Waals surface area contributed by atoms with E-state index < -0.39 is 4.92 Å². The Hall–Kier alpha value is -1.95. The maximum Gasteiger partial charge on any atom is 0.338 e. The molecule has 0 saturated heterocycles. The summed E-state index contributed by atoms with van der Waals surface area (Å²) in [5, 5.41) is 14.5. The van der Waals surface area contributed by atoms with Crippen LogP contribution in [0.5, 0.6) is 0 Å². The SMILES string of the molecule is Cc1onc(C=Cc2cccc(Br)c2)c1[N+](=O)[O-]. The van der Waals surface area contributed by atoms with Crippen molar-refractivity contribution in [1.29, 1.82) is 0 Å². The zero-order valence-electron chi connectivity index (χ0n) is 9.46. The summed E-state index contributed by atoms with van der Waals surface area (Å²) in [4.78, 5) is 10.3. The number of hydrogen-bond acceptors (Lipinski definition) is 4. The second-order valence-corrected chi connectivity index (χ2v) is 4.53. The lowest BCUT2D eigenvalue weighted by Crippen LogP contribution is -1.90. The molecule has 2 rings (SSSR count). The minimum Gasteiger partial charge on any atom is -0.354 e. The van der Waals surface area contributed by atoms with Gasteiger partial charge in [0.05, 0.1) is 4.92 Å². The standard InChI is InChI=1S/C12H9BrN2O3/c1-8-12(15(16)17)11(14-18-8)6-5-9-3-2-4-10(13)7-9/h2-7H,1H3. The zero-order chi connectivity index (χ0) is 13.1. The molecule has 0 aliphatic rings. The smallest absolute Gasteiger partial charge is 0.338 e. The highest BCUT2D eigenvalue weighted by Gasteiger charge is 2.21. The van der Waals surface area contributed by atoms with Crippen molar-refractivity contribution in [3.63, 3.8) is 0 Å². The Bertz CT molecular complexity index is 620. The summed E-state index contributed by atoms with van der Waals surface area (Å²) in [7, 11) is 0. The molecule has 1 aromatic heterocycles. The van der Waals surface area contributed by atoms with Crippen LogP contribution in [0.1, 0.15) is 17.0 Å². The largest absolute Gasteiger partial charge is 0.354 e. The van der Waals surface area contributed by atoms with Gasteiger partial charge >= 0.3 is 5.69 Å². The first kappa shape index (κ1) is 12.5. The Morgan fingerprint density at radius 3 is 2.89 bits per heavy atom. The van der Waals surface area contributed by atoms with E-state index in [1.807, 2.05) is 24.3 Å². The average molecular weight is 309 g/mol. The lowest BCUT2D eigenvalue weighted by Gasteiger charge is -1.93. The second kappa shape index (κ2) is 5.14. The molecule has 6 heteroatoms. The molecule has 0 aliphatic heterocycles. The highest BCUT2D eigenvalue weighted by Crippen LogP contribution is 2.24. The van der Waals surface area contributed by atoms with Gasteiger partial charge in [0, 0.05) is 11.4 Å². The van der Waals surface area contributed by atoms with Crippen LogP contribution in [0.25, 0.3) is 12.2 Å². The van der Waals surface area contributed by atoms with Crippen LogP contribution in [0.15, 0.2) is 33.3 Å². The summed E-state index contributed by atoms with van der Waals surface area (Å²) >= 11 is 3.35. The van der Waals surface area contributed by atoms with Gasteiger partial charge in [0.2, 0.25) is 5.76 Å². The third kappa shape index (κ3) is 2.65. The molecule has 0 radical (unpaired) electrons. The summed E-state index contributed by atoms with van der Waals surface area (Å²) < 4.78 is 5.76. The van der Waals surface area contributed by atoms with Crippen molar-refractivity contribution in [3.05, 3.63) is 55.9 Å². The highest BCUT2D eigenvalue weighted by molar-refractivity contribution is 9.10. The van der Waals surface area contributed by atoms with Crippen LogP contribution in [0.2, 0.25) is 0 Å². The molecule has 0 N–H and O–H groups in total. The van der Waals surface area contributed by atoms with Crippen LogP contribution in [-0.2, 0) is 0 Å². The molecule has 0 amide bonds. The van der Waals surface area contributed by atoms with Crippen LogP contribution in [-0.4, -0.2) is 10.1 Å². The van der Waals surface area contributed by atoms with E-state index in [4.69, 9.17) is 4.52 Å². The van der Waals surface area contributed by atoms with Crippen LogP contribution in [0.4, 0.5) is 5.69 Å². The van der Waals surface area contributed by atoms with Crippen molar-refractivity contribution in [3.8, 4) is 0 Å². The van der Waals surface area contributed by atoms with Gasteiger partial charge in [-0.2, -0.15) is 0 Å². The fourth-order valence-electron chi connectivity index (χ4n) is 1.50. The monoisotopic (exact) mass is 308 g/mol.